The van der Waals surface area contributed by atoms with Crippen LogP contribution in [0.4, 0.5) is 0 Å². The summed E-state index contributed by atoms with van der Waals surface area (Å²) in [4.78, 5) is 5.23. The van der Waals surface area contributed by atoms with Crippen LogP contribution in [-0.2, 0) is 6.54 Å². The molecule has 3 nitrogen and oxygen atoms in total. The van der Waals surface area contributed by atoms with Crippen molar-refractivity contribution < 1.29 is 5.11 Å². The molecular formula is C21H30N2O. The number of hydrogen-bond donors (Lipinski definition) is 1. The van der Waals surface area contributed by atoms with Crippen LogP contribution in [0.5, 0.6) is 0 Å². The molecule has 0 aromatic heterocycles. The maximum atomic E-state index is 9.50. The van der Waals surface area contributed by atoms with Crippen LogP contribution in [0.1, 0.15) is 49.7 Å². The van der Waals surface area contributed by atoms with Crippen LogP contribution >= 0.6 is 0 Å². The van der Waals surface area contributed by atoms with Crippen LogP contribution in [0.25, 0.3) is 0 Å². The van der Waals surface area contributed by atoms with E-state index in [9.17, 15) is 5.11 Å². The minimum absolute atomic E-state index is 0.290. The molecule has 1 N–H and O–H groups in total. The smallest absolute Gasteiger partial charge is 0.0446 e. The molecule has 1 saturated heterocycles. The van der Waals surface area contributed by atoms with Crippen LogP contribution in [0.2, 0.25) is 0 Å². The van der Waals surface area contributed by atoms with Crippen LogP contribution in [-0.4, -0.2) is 53.2 Å². The van der Waals surface area contributed by atoms with Gasteiger partial charge in [-0.1, -0.05) is 37.3 Å². The van der Waals surface area contributed by atoms with Gasteiger partial charge in [-0.05, 0) is 37.0 Å². The third-order valence-electron chi connectivity index (χ3n) is 5.65. The van der Waals surface area contributed by atoms with Crippen LogP contribution in [0.15, 0.2) is 24.3 Å². The number of piperazine rings is 1. The van der Waals surface area contributed by atoms with Crippen LogP contribution < -0.4 is 0 Å². The summed E-state index contributed by atoms with van der Waals surface area (Å²) in [5.41, 5.74) is 2.27. The maximum Gasteiger partial charge on any atom is 0.0446 e. The lowest BCUT2D eigenvalue weighted by Gasteiger charge is -2.46. The molecule has 1 saturated carbocycles. The molecule has 1 heterocycles. The van der Waals surface area contributed by atoms with Gasteiger partial charge in [-0.25, -0.2) is 0 Å². The van der Waals surface area contributed by atoms with Gasteiger partial charge in [0.1, 0.15) is 0 Å². The van der Waals surface area contributed by atoms with E-state index in [4.69, 9.17) is 6.42 Å². The number of nitrogens with zero attached hydrogens (tertiary/aromatic N) is 2. The van der Waals surface area contributed by atoms with Gasteiger partial charge in [-0.3, -0.25) is 9.80 Å². The van der Waals surface area contributed by atoms with E-state index in [-0.39, 0.29) is 0 Å². The summed E-state index contributed by atoms with van der Waals surface area (Å²) in [6.07, 6.45) is 13.2. The third kappa shape index (κ3) is 4.39. The fourth-order valence-corrected chi connectivity index (χ4v) is 4.34. The van der Waals surface area contributed by atoms with Gasteiger partial charge in [0.25, 0.3) is 0 Å². The standard InChI is InChI=1S/C21H30N2O/c1-2-18-8-10-19(11-9-18)16-22-13-14-23(21(17-22)12-15-24)20-6-4-3-5-7-20/h1,8-11,20-21,24H,3-7,12-17H2/t21-/m1/s1. The van der Waals surface area contributed by atoms with Crippen molar-refractivity contribution in [1.82, 2.24) is 9.80 Å². The highest BCUT2D eigenvalue weighted by atomic mass is 16.3. The predicted octanol–water partition coefficient (Wildman–Crippen LogP) is 2.87. The minimum atomic E-state index is 0.290. The normalized spacial score (nSPS) is 23.9. The molecule has 1 atom stereocenters. The first-order valence-corrected chi connectivity index (χ1v) is 9.44. The zero-order valence-corrected chi connectivity index (χ0v) is 14.7. The van der Waals surface area contributed by atoms with Crippen molar-refractivity contribution in [3.8, 4) is 12.3 Å². The Hall–Kier alpha value is -1.34. The Balaban J connectivity index is 1.60. The summed E-state index contributed by atoms with van der Waals surface area (Å²) in [7, 11) is 0. The van der Waals surface area contributed by atoms with Crippen LogP contribution in [0.3, 0.4) is 0 Å². The summed E-state index contributed by atoms with van der Waals surface area (Å²) in [6.45, 7) is 4.59. The second kappa shape index (κ2) is 8.67. The Morgan fingerprint density at radius 2 is 1.83 bits per heavy atom. The summed E-state index contributed by atoms with van der Waals surface area (Å²) < 4.78 is 0. The molecule has 0 bridgehead atoms. The zero-order chi connectivity index (χ0) is 16.8. The van der Waals surface area contributed by atoms with Gasteiger partial charge >= 0.3 is 0 Å². The van der Waals surface area contributed by atoms with Crippen molar-refractivity contribution in [2.24, 2.45) is 0 Å². The molecule has 0 spiro atoms. The molecule has 2 fully saturated rings. The van der Waals surface area contributed by atoms with E-state index >= 15 is 0 Å². The number of hydrogen-bond acceptors (Lipinski definition) is 3. The van der Waals surface area contributed by atoms with Gasteiger partial charge in [0.2, 0.25) is 0 Å². The highest BCUT2D eigenvalue weighted by Gasteiger charge is 2.32. The molecule has 1 aliphatic heterocycles. The van der Waals surface area contributed by atoms with Gasteiger partial charge in [-0.2, -0.15) is 0 Å². The Labute approximate surface area is 146 Å². The molecule has 0 radical (unpaired) electrons. The zero-order valence-electron chi connectivity index (χ0n) is 14.7. The monoisotopic (exact) mass is 326 g/mol. The molecular weight excluding hydrogens is 296 g/mol. The summed E-state index contributed by atoms with van der Waals surface area (Å²) >= 11 is 0. The maximum absolute atomic E-state index is 9.50. The molecule has 1 aromatic rings. The van der Waals surface area contributed by atoms with E-state index in [1.54, 1.807) is 0 Å². The quantitative estimate of drug-likeness (QED) is 0.843. The summed E-state index contributed by atoms with van der Waals surface area (Å²) in [5, 5.41) is 9.50. The molecule has 1 aromatic carbocycles. The summed E-state index contributed by atoms with van der Waals surface area (Å²) in [6, 6.07) is 9.58. The molecule has 3 heteroatoms. The van der Waals surface area contributed by atoms with Gasteiger partial charge in [0, 0.05) is 50.4 Å². The minimum Gasteiger partial charge on any atom is -0.396 e. The molecule has 2 aliphatic rings. The lowest BCUT2D eigenvalue weighted by atomic mass is 9.91. The highest BCUT2D eigenvalue weighted by molar-refractivity contribution is 5.34. The molecule has 24 heavy (non-hydrogen) atoms. The molecule has 3 rings (SSSR count). The van der Waals surface area contributed by atoms with Gasteiger partial charge in [-0.15, -0.1) is 6.42 Å². The van der Waals surface area contributed by atoms with E-state index < -0.39 is 0 Å². The first-order chi connectivity index (χ1) is 11.8. The van der Waals surface area contributed by atoms with E-state index in [0.717, 1.165) is 44.2 Å². The van der Waals surface area contributed by atoms with E-state index in [0.29, 0.717) is 12.6 Å². The number of aliphatic hydroxyl groups excluding tert-OH is 1. The van der Waals surface area contributed by atoms with E-state index in [1.807, 2.05) is 12.1 Å². The largest absolute Gasteiger partial charge is 0.396 e. The number of rotatable bonds is 5. The fraction of sp³-hybridized carbons (Fsp3) is 0.619. The fourth-order valence-electron chi connectivity index (χ4n) is 4.34. The van der Waals surface area contributed by atoms with Gasteiger partial charge in [0.15, 0.2) is 0 Å². The first kappa shape index (κ1) is 17.5. The average molecular weight is 326 g/mol. The van der Waals surface area contributed by atoms with Crippen molar-refractivity contribution in [3.63, 3.8) is 0 Å². The Kier molecular flexibility index (Phi) is 6.31. The topological polar surface area (TPSA) is 26.7 Å². The van der Waals surface area contributed by atoms with Crippen molar-refractivity contribution in [3.05, 3.63) is 35.4 Å². The molecule has 130 valence electrons. The number of aliphatic hydroxyl groups is 1. The van der Waals surface area contributed by atoms with Crippen LogP contribution in [0, 0.1) is 12.3 Å². The number of terminal acetylenes is 1. The Bertz CT molecular complexity index is 542. The van der Waals surface area contributed by atoms with Gasteiger partial charge < -0.3 is 5.11 Å². The molecule has 0 amide bonds. The predicted molar refractivity (Wildman–Crippen MR) is 98.7 cm³/mol. The summed E-state index contributed by atoms with van der Waals surface area (Å²) in [5.74, 6) is 2.68. The van der Waals surface area contributed by atoms with Gasteiger partial charge in [0.05, 0.1) is 0 Å². The number of benzene rings is 1. The average Bonchev–Trinajstić information content (AvgIpc) is 2.64. The third-order valence-corrected chi connectivity index (χ3v) is 5.65. The second-order valence-corrected chi connectivity index (χ2v) is 7.27. The molecule has 1 aliphatic carbocycles. The van der Waals surface area contributed by atoms with Crippen molar-refractivity contribution >= 4 is 0 Å². The van der Waals surface area contributed by atoms with Crippen molar-refractivity contribution in [1.29, 1.82) is 0 Å². The lowest BCUT2D eigenvalue weighted by molar-refractivity contribution is 0.0137. The Morgan fingerprint density at radius 3 is 2.50 bits per heavy atom. The second-order valence-electron chi connectivity index (χ2n) is 7.27. The van der Waals surface area contributed by atoms with E-state index in [2.05, 4.69) is 27.9 Å². The molecule has 0 unspecified atom stereocenters. The Morgan fingerprint density at radius 1 is 1.08 bits per heavy atom. The highest BCUT2D eigenvalue weighted by Crippen LogP contribution is 2.27. The van der Waals surface area contributed by atoms with E-state index in [1.165, 1.54) is 37.7 Å². The first-order valence-electron chi connectivity index (χ1n) is 9.44. The van der Waals surface area contributed by atoms with Crippen molar-refractivity contribution in [2.75, 3.05) is 26.2 Å². The SMILES string of the molecule is C#Cc1ccc(CN2CCN(C3CCCCC3)[C@H](CCO)C2)cc1. The lowest BCUT2D eigenvalue weighted by Crippen LogP contribution is -2.56. The van der Waals surface area contributed by atoms with Crippen molar-refractivity contribution in [2.45, 2.75) is 57.2 Å².